The number of nitrogens with one attached hydrogen (secondary N) is 1. The summed E-state index contributed by atoms with van der Waals surface area (Å²) in [5, 5.41) is 11.8. The fraction of sp³-hybridized carbons (Fsp3) is 0.444. The van der Waals surface area contributed by atoms with Crippen molar-refractivity contribution in [2.45, 2.75) is 12.6 Å². The highest BCUT2D eigenvalue weighted by Crippen LogP contribution is 2.21. The van der Waals surface area contributed by atoms with Crippen molar-refractivity contribution in [1.82, 2.24) is 5.32 Å². The number of hydrogen-bond acceptors (Lipinski definition) is 4. The molecule has 0 saturated carbocycles. The lowest BCUT2D eigenvalue weighted by molar-refractivity contribution is -0.140. The summed E-state index contributed by atoms with van der Waals surface area (Å²) in [6.07, 6.45) is 0. The summed E-state index contributed by atoms with van der Waals surface area (Å²) in [6, 6.07) is 3.23. The fourth-order valence-electron chi connectivity index (χ4n) is 1.05. The predicted molar refractivity (Wildman–Crippen MR) is 62.2 cm³/mol. The third kappa shape index (κ3) is 4.29. The molecule has 84 valence electrons. The average molecular weight is 294 g/mol. The van der Waals surface area contributed by atoms with Crippen LogP contribution in [0.4, 0.5) is 0 Å². The smallest absolute Gasteiger partial charge is 0.323 e. The lowest BCUT2D eigenvalue weighted by Crippen LogP contribution is -2.39. The Kier molecular flexibility index (Phi) is 5.24. The quantitative estimate of drug-likeness (QED) is 0.838. The predicted octanol–water partition coefficient (Wildman–Crippen LogP) is 1.70. The van der Waals surface area contributed by atoms with E-state index in [1.807, 2.05) is 12.1 Å². The van der Waals surface area contributed by atoms with Crippen molar-refractivity contribution in [2.75, 3.05) is 13.7 Å². The molecule has 4 nitrogen and oxygen atoms in total. The highest BCUT2D eigenvalue weighted by atomic mass is 79.9. The van der Waals surface area contributed by atoms with Gasteiger partial charge in [0.2, 0.25) is 0 Å². The summed E-state index contributed by atoms with van der Waals surface area (Å²) < 4.78 is 5.85. The zero-order chi connectivity index (χ0) is 11.3. The Bertz CT molecular complexity index is 329. The standard InChI is InChI=1S/C9H12BrNO3S/c1-14-5-7(9(12)13)11-4-6-2-3-8(10)15-6/h2-3,7,11H,4-5H2,1H3,(H,12,13). The first kappa shape index (κ1) is 12.6. The van der Waals surface area contributed by atoms with E-state index in [4.69, 9.17) is 9.84 Å². The molecule has 0 saturated heterocycles. The molecular formula is C9H12BrNO3S. The second-order valence-corrected chi connectivity index (χ2v) is 5.48. The SMILES string of the molecule is COCC(NCc1ccc(Br)s1)C(=O)O. The van der Waals surface area contributed by atoms with Crippen molar-refractivity contribution < 1.29 is 14.6 Å². The Morgan fingerprint density at radius 2 is 2.47 bits per heavy atom. The molecule has 0 aliphatic heterocycles. The van der Waals surface area contributed by atoms with E-state index in [2.05, 4.69) is 21.2 Å². The van der Waals surface area contributed by atoms with Gasteiger partial charge in [-0.05, 0) is 28.1 Å². The summed E-state index contributed by atoms with van der Waals surface area (Å²) >= 11 is 4.93. The fourth-order valence-corrected chi connectivity index (χ4v) is 2.49. The number of carboxylic acids is 1. The minimum absolute atomic E-state index is 0.169. The van der Waals surface area contributed by atoms with Gasteiger partial charge in [0.1, 0.15) is 6.04 Å². The number of rotatable bonds is 6. The number of carbonyl (C=O) groups is 1. The molecule has 0 fully saturated rings. The van der Waals surface area contributed by atoms with Gasteiger partial charge in [0.05, 0.1) is 10.4 Å². The first-order valence-corrected chi connectivity index (χ1v) is 5.93. The molecule has 0 bridgehead atoms. The molecule has 1 aromatic heterocycles. The minimum Gasteiger partial charge on any atom is -0.480 e. The highest BCUT2D eigenvalue weighted by molar-refractivity contribution is 9.11. The van der Waals surface area contributed by atoms with Crippen molar-refractivity contribution >= 4 is 33.2 Å². The van der Waals surface area contributed by atoms with E-state index in [0.29, 0.717) is 6.54 Å². The number of methoxy groups -OCH3 is 1. The molecule has 1 aromatic rings. The van der Waals surface area contributed by atoms with Gasteiger partial charge in [-0.25, -0.2) is 0 Å². The molecule has 15 heavy (non-hydrogen) atoms. The van der Waals surface area contributed by atoms with Crippen molar-refractivity contribution in [2.24, 2.45) is 0 Å². The van der Waals surface area contributed by atoms with E-state index in [-0.39, 0.29) is 6.61 Å². The Labute approximate surface area is 100 Å². The number of ether oxygens (including phenoxy) is 1. The van der Waals surface area contributed by atoms with E-state index in [1.54, 1.807) is 11.3 Å². The largest absolute Gasteiger partial charge is 0.480 e. The van der Waals surface area contributed by atoms with Gasteiger partial charge in [0, 0.05) is 18.5 Å². The number of aliphatic carboxylic acids is 1. The van der Waals surface area contributed by atoms with Crippen LogP contribution in [0, 0.1) is 0 Å². The Morgan fingerprint density at radius 3 is 2.93 bits per heavy atom. The Hall–Kier alpha value is -0.430. The Balaban J connectivity index is 2.43. The van der Waals surface area contributed by atoms with E-state index in [9.17, 15) is 4.79 Å². The summed E-state index contributed by atoms with van der Waals surface area (Å²) in [5.74, 6) is -0.896. The normalized spacial score (nSPS) is 12.7. The van der Waals surface area contributed by atoms with Crippen LogP contribution in [0.15, 0.2) is 15.9 Å². The van der Waals surface area contributed by atoms with Crippen molar-refractivity contribution in [3.8, 4) is 0 Å². The van der Waals surface area contributed by atoms with Gasteiger partial charge in [0.25, 0.3) is 0 Å². The summed E-state index contributed by atoms with van der Waals surface area (Å²) in [6.45, 7) is 0.707. The molecule has 0 spiro atoms. The molecular weight excluding hydrogens is 282 g/mol. The molecule has 0 radical (unpaired) electrons. The van der Waals surface area contributed by atoms with Crippen LogP contribution in [0.5, 0.6) is 0 Å². The highest BCUT2D eigenvalue weighted by Gasteiger charge is 2.16. The minimum atomic E-state index is -0.896. The van der Waals surface area contributed by atoms with Crippen molar-refractivity contribution in [1.29, 1.82) is 0 Å². The maximum atomic E-state index is 10.8. The molecule has 0 aliphatic carbocycles. The molecule has 6 heteroatoms. The molecule has 0 aliphatic rings. The van der Waals surface area contributed by atoms with Gasteiger partial charge in [-0.1, -0.05) is 0 Å². The Morgan fingerprint density at radius 1 is 1.73 bits per heavy atom. The van der Waals surface area contributed by atoms with Gasteiger partial charge in [-0.2, -0.15) is 0 Å². The number of carboxylic acid groups (broad SMARTS) is 1. The lowest BCUT2D eigenvalue weighted by Gasteiger charge is -2.12. The van der Waals surface area contributed by atoms with Crippen LogP contribution in [0.2, 0.25) is 0 Å². The summed E-state index contributed by atoms with van der Waals surface area (Å²) in [5.41, 5.74) is 0. The maximum absolute atomic E-state index is 10.8. The molecule has 0 amide bonds. The molecule has 1 rings (SSSR count). The van der Waals surface area contributed by atoms with Crippen LogP contribution in [0.3, 0.4) is 0 Å². The van der Waals surface area contributed by atoms with Crippen LogP contribution in [-0.2, 0) is 16.1 Å². The van der Waals surface area contributed by atoms with Gasteiger partial charge < -0.3 is 9.84 Å². The first-order chi connectivity index (χ1) is 7.13. The van der Waals surface area contributed by atoms with Crippen molar-refractivity contribution in [3.63, 3.8) is 0 Å². The number of hydrogen-bond donors (Lipinski definition) is 2. The van der Waals surface area contributed by atoms with Crippen LogP contribution in [-0.4, -0.2) is 30.8 Å². The van der Waals surface area contributed by atoms with Gasteiger partial charge in [-0.15, -0.1) is 11.3 Å². The number of halogens is 1. The number of thiophene rings is 1. The van der Waals surface area contributed by atoms with E-state index < -0.39 is 12.0 Å². The first-order valence-electron chi connectivity index (χ1n) is 4.33. The molecule has 2 N–H and O–H groups in total. The van der Waals surface area contributed by atoms with Crippen molar-refractivity contribution in [3.05, 3.63) is 20.8 Å². The third-order valence-corrected chi connectivity index (χ3v) is 3.41. The third-order valence-electron chi connectivity index (χ3n) is 1.78. The van der Waals surface area contributed by atoms with Crippen LogP contribution >= 0.6 is 27.3 Å². The molecule has 1 unspecified atom stereocenters. The van der Waals surface area contributed by atoms with Crippen LogP contribution in [0.1, 0.15) is 4.88 Å². The van der Waals surface area contributed by atoms with E-state index >= 15 is 0 Å². The van der Waals surface area contributed by atoms with Gasteiger partial charge >= 0.3 is 5.97 Å². The second kappa shape index (κ2) is 6.22. The molecule has 0 aromatic carbocycles. The second-order valence-electron chi connectivity index (χ2n) is 2.93. The summed E-state index contributed by atoms with van der Waals surface area (Å²) in [7, 11) is 1.49. The average Bonchev–Trinajstić information content (AvgIpc) is 2.58. The van der Waals surface area contributed by atoms with E-state index in [1.165, 1.54) is 7.11 Å². The molecule has 1 atom stereocenters. The topological polar surface area (TPSA) is 58.6 Å². The van der Waals surface area contributed by atoms with Crippen LogP contribution in [0.25, 0.3) is 0 Å². The van der Waals surface area contributed by atoms with Crippen LogP contribution < -0.4 is 5.32 Å². The van der Waals surface area contributed by atoms with Gasteiger partial charge in [0.15, 0.2) is 0 Å². The zero-order valence-corrected chi connectivity index (χ0v) is 10.6. The molecule has 1 heterocycles. The van der Waals surface area contributed by atoms with Gasteiger partial charge in [-0.3, -0.25) is 10.1 Å². The summed E-state index contributed by atoms with van der Waals surface area (Å²) in [4.78, 5) is 11.9. The monoisotopic (exact) mass is 293 g/mol. The van der Waals surface area contributed by atoms with E-state index in [0.717, 1.165) is 8.66 Å². The lowest BCUT2D eigenvalue weighted by atomic mass is 10.3. The maximum Gasteiger partial charge on any atom is 0.323 e. The zero-order valence-electron chi connectivity index (χ0n) is 8.20.